The van der Waals surface area contributed by atoms with Crippen molar-refractivity contribution in [1.29, 1.82) is 0 Å². The molecular weight excluding hydrogens is 324 g/mol. The number of likely N-dealkylation sites (tertiary alicyclic amines) is 1. The SMILES string of the molecule is O=C(Nc1nnc(C2CCCCC2)s1)[C@H]1CC(=O)N(CC2CC2)C1. The summed E-state index contributed by atoms with van der Waals surface area (Å²) >= 11 is 1.50. The van der Waals surface area contributed by atoms with Gasteiger partial charge in [-0.2, -0.15) is 0 Å². The molecule has 2 heterocycles. The maximum Gasteiger partial charge on any atom is 0.231 e. The Balaban J connectivity index is 1.32. The molecular formula is C17H24N4O2S. The van der Waals surface area contributed by atoms with Gasteiger partial charge >= 0.3 is 0 Å². The Morgan fingerprint density at radius 2 is 1.96 bits per heavy atom. The average Bonchev–Trinajstić information content (AvgIpc) is 3.16. The van der Waals surface area contributed by atoms with E-state index in [4.69, 9.17) is 0 Å². The largest absolute Gasteiger partial charge is 0.342 e. The molecule has 4 rings (SSSR count). The Morgan fingerprint density at radius 3 is 2.71 bits per heavy atom. The molecule has 2 saturated carbocycles. The van der Waals surface area contributed by atoms with Crippen molar-refractivity contribution in [3.05, 3.63) is 5.01 Å². The molecule has 1 N–H and O–H groups in total. The summed E-state index contributed by atoms with van der Waals surface area (Å²) in [7, 11) is 0. The second kappa shape index (κ2) is 6.78. The van der Waals surface area contributed by atoms with Crippen LogP contribution in [0, 0.1) is 11.8 Å². The van der Waals surface area contributed by atoms with Gasteiger partial charge in [-0.05, 0) is 31.6 Å². The van der Waals surface area contributed by atoms with Crippen LogP contribution in [0.25, 0.3) is 0 Å². The van der Waals surface area contributed by atoms with Gasteiger partial charge in [0.15, 0.2) is 0 Å². The summed E-state index contributed by atoms with van der Waals surface area (Å²) in [6.07, 6.45) is 8.94. The molecule has 1 aromatic heterocycles. The second-order valence-corrected chi connectivity index (χ2v) is 8.42. The lowest BCUT2D eigenvalue weighted by molar-refractivity contribution is -0.128. The van der Waals surface area contributed by atoms with Crippen LogP contribution in [-0.2, 0) is 9.59 Å². The Labute approximate surface area is 146 Å². The van der Waals surface area contributed by atoms with Gasteiger partial charge < -0.3 is 10.2 Å². The zero-order valence-electron chi connectivity index (χ0n) is 13.9. The fourth-order valence-electron chi connectivity index (χ4n) is 3.74. The number of carbonyl (C=O) groups is 2. The van der Waals surface area contributed by atoms with E-state index in [1.807, 2.05) is 4.90 Å². The highest BCUT2D eigenvalue weighted by atomic mass is 32.1. The van der Waals surface area contributed by atoms with Crippen LogP contribution in [0.5, 0.6) is 0 Å². The van der Waals surface area contributed by atoms with E-state index in [9.17, 15) is 9.59 Å². The van der Waals surface area contributed by atoms with Crippen molar-refractivity contribution in [2.75, 3.05) is 18.4 Å². The summed E-state index contributed by atoms with van der Waals surface area (Å²) < 4.78 is 0. The summed E-state index contributed by atoms with van der Waals surface area (Å²) in [5, 5.41) is 12.9. The minimum absolute atomic E-state index is 0.0898. The molecule has 24 heavy (non-hydrogen) atoms. The van der Waals surface area contributed by atoms with Crippen molar-refractivity contribution < 1.29 is 9.59 Å². The van der Waals surface area contributed by atoms with Gasteiger partial charge in [-0.25, -0.2) is 0 Å². The minimum atomic E-state index is -0.252. The molecule has 1 saturated heterocycles. The van der Waals surface area contributed by atoms with Crippen molar-refractivity contribution in [3.8, 4) is 0 Å². The Hall–Kier alpha value is -1.50. The van der Waals surface area contributed by atoms with E-state index in [0.717, 1.165) is 11.6 Å². The minimum Gasteiger partial charge on any atom is -0.342 e. The number of carbonyl (C=O) groups excluding carboxylic acids is 2. The van der Waals surface area contributed by atoms with E-state index >= 15 is 0 Å². The summed E-state index contributed by atoms with van der Waals surface area (Å²) in [6, 6.07) is 0. The summed E-state index contributed by atoms with van der Waals surface area (Å²) in [5.41, 5.74) is 0. The van der Waals surface area contributed by atoms with Crippen LogP contribution >= 0.6 is 11.3 Å². The second-order valence-electron chi connectivity index (χ2n) is 7.41. The summed E-state index contributed by atoms with van der Waals surface area (Å²) in [5.74, 6) is 0.939. The van der Waals surface area contributed by atoms with Gasteiger partial charge in [-0.15, -0.1) is 10.2 Å². The normalized spacial score (nSPS) is 25.2. The van der Waals surface area contributed by atoms with Crippen molar-refractivity contribution in [3.63, 3.8) is 0 Å². The van der Waals surface area contributed by atoms with Crippen molar-refractivity contribution in [2.24, 2.45) is 11.8 Å². The van der Waals surface area contributed by atoms with Gasteiger partial charge in [-0.1, -0.05) is 30.6 Å². The Bertz CT molecular complexity index is 622. The van der Waals surface area contributed by atoms with Crippen LogP contribution < -0.4 is 5.32 Å². The van der Waals surface area contributed by atoms with Gasteiger partial charge in [0.05, 0.1) is 5.92 Å². The predicted molar refractivity (Wildman–Crippen MR) is 91.8 cm³/mol. The number of hydrogen-bond donors (Lipinski definition) is 1. The number of amides is 2. The van der Waals surface area contributed by atoms with Crippen LogP contribution in [-0.4, -0.2) is 40.0 Å². The molecule has 1 aromatic rings. The Morgan fingerprint density at radius 1 is 1.17 bits per heavy atom. The molecule has 0 radical (unpaired) electrons. The van der Waals surface area contributed by atoms with Crippen LogP contribution in [0.1, 0.15) is 62.3 Å². The average molecular weight is 348 g/mol. The lowest BCUT2D eigenvalue weighted by atomic mass is 9.90. The van der Waals surface area contributed by atoms with Crippen molar-refractivity contribution in [2.45, 2.75) is 57.3 Å². The third kappa shape index (κ3) is 3.61. The van der Waals surface area contributed by atoms with E-state index in [1.54, 1.807) is 0 Å². The monoisotopic (exact) mass is 348 g/mol. The standard InChI is InChI=1S/C17H24N4O2S/c22-14-8-13(10-21(14)9-11-6-7-11)15(23)18-17-20-19-16(24-17)12-4-2-1-3-5-12/h11-13H,1-10H2,(H,18,20,23)/t13-/m0/s1. The highest BCUT2D eigenvalue weighted by Crippen LogP contribution is 2.35. The van der Waals surface area contributed by atoms with Gasteiger partial charge in [0, 0.05) is 25.4 Å². The van der Waals surface area contributed by atoms with E-state index in [1.165, 1.54) is 56.3 Å². The quantitative estimate of drug-likeness (QED) is 0.888. The molecule has 6 nitrogen and oxygen atoms in total. The highest BCUT2D eigenvalue weighted by Gasteiger charge is 2.37. The van der Waals surface area contributed by atoms with Crippen LogP contribution in [0.4, 0.5) is 5.13 Å². The molecule has 1 aliphatic heterocycles. The molecule has 0 bridgehead atoms. The van der Waals surface area contributed by atoms with Gasteiger partial charge in [0.25, 0.3) is 0 Å². The maximum atomic E-state index is 12.4. The van der Waals surface area contributed by atoms with E-state index in [2.05, 4.69) is 15.5 Å². The zero-order chi connectivity index (χ0) is 16.5. The maximum absolute atomic E-state index is 12.4. The highest BCUT2D eigenvalue weighted by molar-refractivity contribution is 7.15. The fourth-order valence-corrected chi connectivity index (χ4v) is 4.66. The molecule has 2 amide bonds. The van der Waals surface area contributed by atoms with Crippen molar-refractivity contribution in [1.82, 2.24) is 15.1 Å². The number of nitrogens with one attached hydrogen (secondary N) is 1. The third-order valence-electron chi connectivity index (χ3n) is 5.39. The number of nitrogens with zero attached hydrogens (tertiary/aromatic N) is 3. The first-order valence-electron chi connectivity index (χ1n) is 9.11. The summed E-state index contributed by atoms with van der Waals surface area (Å²) in [6.45, 7) is 1.38. The molecule has 7 heteroatoms. The Kier molecular flexibility index (Phi) is 4.52. The van der Waals surface area contributed by atoms with Crippen LogP contribution in [0.15, 0.2) is 0 Å². The number of hydrogen-bond acceptors (Lipinski definition) is 5. The van der Waals surface area contributed by atoms with Crippen LogP contribution in [0.2, 0.25) is 0 Å². The lowest BCUT2D eigenvalue weighted by Gasteiger charge is -2.18. The zero-order valence-corrected chi connectivity index (χ0v) is 14.7. The molecule has 3 aliphatic rings. The molecule has 2 aliphatic carbocycles. The van der Waals surface area contributed by atoms with Gasteiger partial charge in [-0.3, -0.25) is 9.59 Å². The smallest absolute Gasteiger partial charge is 0.231 e. The van der Waals surface area contributed by atoms with Gasteiger partial charge in [0.1, 0.15) is 5.01 Å². The van der Waals surface area contributed by atoms with E-state index < -0.39 is 0 Å². The molecule has 3 fully saturated rings. The number of rotatable bonds is 5. The van der Waals surface area contributed by atoms with E-state index in [-0.39, 0.29) is 17.7 Å². The molecule has 0 aromatic carbocycles. The molecule has 1 atom stereocenters. The van der Waals surface area contributed by atoms with E-state index in [0.29, 0.717) is 29.9 Å². The molecule has 130 valence electrons. The fraction of sp³-hybridized carbons (Fsp3) is 0.765. The summed E-state index contributed by atoms with van der Waals surface area (Å²) in [4.78, 5) is 26.3. The predicted octanol–water partition coefficient (Wildman–Crippen LogP) is 2.78. The first-order chi connectivity index (χ1) is 11.7. The van der Waals surface area contributed by atoms with Crippen molar-refractivity contribution >= 4 is 28.3 Å². The first kappa shape index (κ1) is 16.0. The lowest BCUT2D eigenvalue weighted by Crippen LogP contribution is -2.29. The third-order valence-corrected chi connectivity index (χ3v) is 6.39. The van der Waals surface area contributed by atoms with Gasteiger partial charge in [0.2, 0.25) is 16.9 Å². The number of aromatic nitrogens is 2. The number of anilines is 1. The first-order valence-corrected chi connectivity index (χ1v) is 9.92. The topological polar surface area (TPSA) is 75.2 Å². The molecule has 0 unspecified atom stereocenters. The van der Waals surface area contributed by atoms with Crippen LogP contribution in [0.3, 0.4) is 0 Å². The molecule has 0 spiro atoms.